The highest BCUT2D eigenvalue weighted by Gasteiger charge is 2.15. The fourth-order valence-electron chi connectivity index (χ4n) is 1.38. The fraction of sp³-hybridized carbons (Fsp3) is 0.200. The lowest BCUT2D eigenvalue weighted by molar-refractivity contribution is 0.205. The molecule has 5 heteroatoms. The predicted octanol–water partition coefficient (Wildman–Crippen LogP) is 1.04. The minimum Gasteiger partial charge on any atom is -0.380 e. The van der Waals surface area contributed by atoms with Gasteiger partial charge in [0, 0.05) is 25.6 Å². The Morgan fingerprint density at radius 1 is 1.40 bits per heavy atom. The predicted molar refractivity (Wildman–Crippen MR) is 51.5 cm³/mol. The third-order valence-corrected chi connectivity index (χ3v) is 2.17. The molecule has 4 nitrogen and oxygen atoms in total. The standard InChI is InChI=1S/C10H10FN3O/c1-14-5-4-13-10(14)9(15)7-2-3-12-8(11)6-7/h2-6,9,15H,1H3. The number of halogens is 1. The smallest absolute Gasteiger partial charge is 0.213 e. The van der Waals surface area contributed by atoms with Crippen LogP contribution in [-0.2, 0) is 7.05 Å². The number of hydrogen-bond donors (Lipinski definition) is 1. The van der Waals surface area contributed by atoms with Crippen molar-refractivity contribution in [3.05, 3.63) is 48.1 Å². The topological polar surface area (TPSA) is 50.9 Å². The summed E-state index contributed by atoms with van der Waals surface area (Å²) in [5.41, 5.74) is 0.441. The molecule has 2 rings (SSSR count). The summed E-state index contributed by atoms with van der Waals surface area (Å²) in [7, 11) is 1.77. The summed E-state index contributed by atoms with van der Waals surface area (Å²) in [5.74, 6) is -0.138. The number of aliphatic hydroxyl groups excluding tert-OH is 1. The zero-order valence-corrected chi connectivity index (χ0v) is 8.13. The van der Waals surface area contributed by atoms with Crippen molar-refractivity contribution < 1.29 is 9.50 Å². The molecule has 1 N–H and O–H groups in total. The summed E-state index contributed by atoms with van der Waals surface area (Å²) in [4.78, 5) is 7.41. The number of pyridine rings is 1. The van der Waals surface area contributed by atoms with Crippen molar-refractivity contribution in [1.82, 2.24) is 14.5 Å². The van der Waals surface area contributed by atoms with Gasteiger partial charge in [-0.3, -0.25) is 0 Å². The average molecular weight is 207 g/mol. The number of aliphatic hydroxyl groups is 1. The van der Waals surface area contributed by atoms with Crippen molar-refractivity contribution in [2.45, 2.75) is 6.10 Å². The molecule has 0 saturated heterocycles. The molecular weight excluding hydrogens is 197 g/mol. The molecule has 2 heterocycles. The lowest BCUT2D eigenvalue weighted by Crippen LogP contribution is -2.07. The Bertz CT molecular complexity index is 469. The van der Waals surface area contributed by atoms with Gasteiger partial charge in [-0.05, 0) is 17.7 Å². The molecule has 0 aliphatic carbocycles. The molecule has 1 unspecified atom stereocenters. The van der Waals surface area contributed by atoms with Crippen molar-refractivity contribution in [2.75, 3.05) is 0 Å². The zero-order valence-electron chi connectivity index (χ0n) is 8.13. The van der Waals surface area contributed by atoms with E-state index in [2.05, 4.69) is 9.97 Å². The number of hydrogen-bond acceptors (Lipinski definition) is 3. The van der Waals surface area contributed by atoms with Gasteiger partial charge >= 0.3 is 0 Å². The minimum atomic E-state index is -0.928. The van der Waals surface area contributed by atoms with Gasteiger partial charge in [0.05, 0.1) is 0 Å². The van der Waals surface area contributed by atoms with Crippen LogP contribution in [0.5, 0.6) is 0 Å². The summed E-state index contributed by atoms with van der Waals surface area (Å²) in [5, 5.41) is 9.91. The van der Waals surface area contributed by atoms with Crippen LogP contribution >= 0.6 is 0 Å². The molecule has 15 heavy (non-hydrogen) atoms. The van der Waals surface area contributed by atoms with E-state index in [4.69, 9.17) is 0 Å². The maximum atomic E-state index is 12.8. The van der Waals surface area contributed by atoms with Crippen LogP contribution in [0.3, 0.4) is 0 Å². The second-order valence-corrected chi connectivity index (χ2v) is 3.21. The Morgan fingerprint density at radius 2 is 2.20 bits per heavy atom. The zero-order chi connectivity index (χ0) is 10.8. The van der Waals surface area contributed by atoms with E-state index >= 15 is 0 Å². The SMILES string of the molecule is Cn1ccnc1C(O)c1ccnc(F)c1. The molecule has 2 aromatic rings. The highest BCUT2D eigenvalue weighted by Crippen LogP contribution is 2.19. The number of nitrogens with zero attached hydrogens (tertiary/aromatic N) is 3. The molecule has 1 atom stereocenters. The first-order chi connectivity index (χ1) is 7.18. The average Bonchev–Trinajstić information content (AvgIpc) is 2.63. The van der Waals surface area contributed by atoms with Gasteiger partial charge in [0.1, 0.15) is 11.9 Å². The van der Waals surface area contributed by atoms with Gasteiger partial charge in [-0.1, -0.05) is 0 Å². The van der Waals surface area contributed by atoms with Crippen molar-refractivity contribution in [2.24, 2.45) is 7.05 Å². The monoisotopic (exact) mass is 207 g/mol. The molecule has 0 aliphatic rings. The van der Waals surface area contributed by atoms with E-state index in [1.54, 1.807) is 30.1 Å². The number of rotatable bonds is 2. The first-order valence-electron chi connectivity index (χ1n) is 4.45. The molecular formula is C10H10FN3O. The second kappa shape index (κ2) is 3.78. The Morgan fingerprint density at radius 3 is 2.80 bits per heavy atom. The van der Waals surface area contributed by atoms with Gasteiger partial charge < -0.3 is 9.67 Å². The Balaban J connectivity index is 2.36. The van der Waals surface area contributed by atoms with E-state index < -0.39 is 12.1 Å². The van der Waals surface area contributed by atoms with Gasteiger partial charge in [0.2, 0.25) is 5.95 Å². The summed E-state index contributed by atoms with van der Waals surface area (Å²) < 4.78 is 14.5. The minimum absolute atomic E-state index is 0.441. The van der Waals surface area contributed by atoms with E-state index in [9.17, 15) is 9.50 Å². The summed E-state index contributed by atoms with van der Waals surface area (Å²) in [6, 6.07) is 2.75. The van der Waals surface area contributed by atoms with Crippen molar-refractivity contribution in [1.29, 1.82) is 0 Å². The van der Waals surface area contributed by atoms with E-state index in [0.717, 1.165) is 0 Å². The van der Waals surface area contributed by atoms with Crippen LogP contribution in [0.15, 0.2) is 30.7 Å². The number of aromatic nitrogens is 3. The van der Waals surface area contributed by atoms with Crippen molar-refractivity contribution >= 4 is 0 Å². The number of aryl methyl sites for hydroxylation is 1. The third-order valence-electron chi connectivity index (χ3n) is 2.17. The molecule has 2 aromatic heterocycles. The largest absolute Gasteiger partial charge is 0.380 e. The van der Waals surface area contributed by atoms with Crippen molar-refractivity contribution in [3.63, 3.8) is 0 Å². The molecule has 0 saturated carbocycles. The van der Waals surface area contributed by atoms with Gasteiger partial charge in [-0.2, -0.15) is 4.39 Å². The van der Waals surface area contributed by atoms with Gasteiger partial charge in [-0.25, -0.2) is 9.97 Å². The van der Waals surface area contributed by atoms with E-state index in [1.165, 1.54) is 12.3 Å². The highest BCUT2D eigenvalue weighted by molar-refractivity contribution is 5.20. The Hall–Kier alpha value is -1.75. The molecule has 0 aliphatic heterocycles. The summed E-state index contributed by atoms with van der Waals surface area (Å²) in [6.45, 7) is 0. The Kier molecular flexibility index (Phi) is 2.47. The van der Waals surface area contributed by atoms with Crippen LogP contribution in [-0.4, -0.2) is 19.6 Å². The Labute approximate surface area is 86.0 Å². The maximum absolute atomic E-state index is 12.8. The maximum Gasteiger partial charge on any atom is 0.213 e. The van der Waals surface area contributed by atoms with E-state index in [1.807, 2.05) is 0 Å². The van der Waals surface area contributed by atoms with Gasteiger partial charge in [0.15, 0.2) is 0 Å². The second-order valence-electron chi connectivity index (χ2n) is 3.21. The normalized spacial score (nSPS) is 12.7. The first kappa shape index (κ1) is 9.79. The van der Waals surface area contributed by atoms with E-state index in [-0.39, 0.29) is 0 Å². The van der Waals surface area contributed by atoms with Gasteiger partial charge in [0.25, 0.3) is 0 Å². The summed E-state index contributed by atoms with van der Waals surface area (Å²) >= 11 is 0. The number of imidazole rings is 1. The molecule has 0 spiro atoms. The molecule has 0 amide bonds. The third kappa shape index (κ3) is 1.87. The molecule has 0 aromatic carbocycles. The molecule has 78 valence electrons. The van der Waals surface area contributed by atoms with Crippen LogP contribution in [0.25, 0.3) is 0 Å². The van der Waals surface area contributed by atoms with Gasteiger partial charge in [-0.15, -0.1) is 0 Å². The van der Waals surface area contributed by atoms with Crippen LogP contribution in [0.2, 0.25) is 0 Å². The molecule has 0 fully saturated rings. The van der Waals surface area contributed by atoms with Crippen LogP contribution < -0.4 is 0 Å². The van der Waals surface area contributed by atoms with Crippen LogP contribution in [0, 0.1) is 5.95 Å². The first-order valence-corrected chi connectivity index (χ1v) is 4.45. The lowest BCUT2D eigenvalue weighted by atomic mass is 10.1. The molecule has 0 radical (unpaired) electrons. The summed E-state index contributed by atoms with van der Waals surface area (Å²) in [6.07, 6.45) is 3.69. The highest BCUT2D eigenvalue weighted by atomic mass is 19.1. The van der Waals surface area contributed by atoms with Crippen LogP contribution in [0.1, 0.15) is 17.5 Å². The van der Waals surface area contributed by atoms with Crippen molar-refractivity contribution in [3.8, 4) is 0 Å². The quantitative estimate of drug-likeness (QED) is 0.748. The fourth-order valence-corrected chi connectivity index (χ4v) is 1.38. The lowest BCUT2D eigenvalue weighted by Gasteiger charge is -2.10. The van der Waals surface area contributed by atoms with Crippen LogP contribution in [0.4, 0.5) is 4.39 Å². The van der Waals surface area contributed by atoms with E-state index in [0.29, 0.717) is 11.4 Å². The molecule has 0 bridgehead atoms.